The Balaban J connectivity index is 1.46. The van der Waals surface area contributed by atoms with Crippen LogP contribution in [0, 0.1) is 20.8 Å². The lowest BCUT2D eigenvalue weighted by molar-refractivity contribution is 0.0955. The van der Waals surface area contributed by atoms with Gasteiger partial charge in [0.15, 0.2) is 0 Å². The minimum absolute atomic E-state index is 0.208. The fraction of sp³-hybridized carbons (Fsp3) is 0.200. The van der Waals surface area contributed by atoms with E-state index < -0.39 is 0 Å². The molecule has 3 aromatic carbocycles. The molecule has 0 unspecified atom stereocenters. The van der Waals surface area contributed by atoms with Crippen molar-refractivity contribution in [3.8, 4) is 0 Å². The van der Waals surface area contributed by atoms with E-state index in [4.69, 9.17) is 0 Å². The highest BCUT2D eigenvalue weighted by Crippen LogP contribution is 2.30. The van der Waals surface area contributed by atoms with Crippen molar-refractivity contribution in [1.29, 1.82) is 0 Å². The maximum atomic E-state index is 12.6. The van der Waals surface area contributed by atoms with Gasteiger partial charge in [-0.2, -0.15) is 5.10 Å². The van der Waals surface area contributed by atoms with Crippen LogP contribution in [0.3, 0.4) is 0 Å². The summed E-state index contributed by atoms with van der Waals surface area (Å²) >= 11 is 0. The summed E-state index contributed by atoms with van der Waals surface area (Å²) in [6.07, 6.45) is 1.68. The number of benzene rings is 3. The Bertz CT molecular complexity index is 1070. The van der Waals surface area contributed by atoms with Crippen LogP contribution in [-0.2, 0) is 13.1 Å². The van der Waals surface area contributed by atoms with Crippen LogP contribution in [0.15, 0.2) is 65.8 Å². The molecule has 0 atom stereocenters. The van der Waals surface area contributed by atoms with Gasteiger partial charge >= 0.3 is 0 Å². The quantitative estimate of drug-likeness (QED) is 0.515. The zero-order valence-electron chi connectivity index (χ0n) is 17.1. The van der Waals surface area contributed by atoms with Gasteiger partial charge in [0.05, 0.1) is 6.21 Å². The van der Waals surface area contributed by atoms with Crippen molar-refractivity contribution in [2.24, 2.45) is 5.10 Å². The Kier molecular flexibility index (Phi) is 5.17. The van der Waals surface area contributed by atoms with Gasteiger partial charge in [-0.05, 0) is 72.4 Å². The summed E-state index contributed by atoms with van der Waals surface area (Å²) in [5.41, 5.74) is 11.8. The number of nitrogens with one attached hydrogen (secondary N) is 1. The minimum Gasteiger partial charge on any atom is -0.363 e. The number of hydrogen-bond acceptors (Lipinski definition) is 3. The number of aryl methyl sites for hydroxylation is 3. The van der Waals surface area contributed by atoms with Crippen molar-refractivity contribution in [2.75, 3.05) is 4.90 Å². The Morgan fingerprint density at radius 3 is 2.28 bits per heavy atom. The van der Waals surface area contributed by atoms with Gasteiger partial charge in [-0.1, -0.05) is 42.5 Å². The molecule has 1 heterocycles. The molecule has 0 bridgehead atoms. The van der Waals surface area contributed by atoms with Crippen LogP contribution in [-0.4, -0.2) is 12.1 Å². The first-order valence-corrected chi connectivity index (χ1v) is 9.84. The molecule has 4 nitrogen and oxygen atoms in total. The molecule has 0 radical (unpaired) electrons. The van der Waals surface area contributed by atoms with Crippen LogP contribution in [0.1, 0.15) is 43.7 Å². The summed E-state index contributed by atoms with van der Waals surface area (Å²) in [7, 11) is 0. The molecule has 0 aromatic heterocycles. The van der Waals surface area contributed by atoms with Crippen LogP contribution in [0.4, 0.5) is 5.69 Å². The van der Waals surface area contributed by atoms with Crippen molar-refractivity contribution in [3.63, 3.8) is 0 Å². The molecule has 0 saturated heterocycles. The Morgan fingerprint density at radius 2 is 1.59 bits per heavy atom. The third kappa shape index (κ3) is 4.06. The highest BCUT2D eigenvalue weighted by Gasteiger charge is 2.20. The van der Waals surface area contributed by atoms with Crippen LogP contribution in [0.2, 0.25) is 0 Å². The van der Waals surface area contributed by atoms with Gasteiger partial charge in [-0.25, -0.2) is 5.43 Å². The maximum absolute atomic E-state index is 12.6. The molecule has 1 aliphatic rings. The average Bonchev–Trinajstić information content (AvgIpc) is 3.12. The lowest BCUT2D eigenvalue weighted by atomic mass is 10.0. The first-order valence-electron chi connectivity index (χ1n) is 9.84. The molecule has 1 aliphatic heterocycles. The van der Waals surface area contributed by atoms with Crippen LogP contribution in [0.5, 0.6) is 0 Å². The molecular formula is C25H25N3O. The van der Waals surface area contributed by atoms with E-state index in [-0.39, 0.29) is 5.91 Å². The first kappa shape index (κ1) is 18.9. The number of hydrogen-bond donors (Lipinski definition) is 1. The number of rotatable bonds is 4. The standard InChI is InChI=1S/C25H25N3O/c1-17-7-4-5-8-21(17)14-26-27-25(29)20-9-6-10-24(13-20)28-15-22-11-18(2)19(3)12-23(22)16-28/h4-14H,15-16H2,1-3H3,(H,27,29)/b26-14-. The lowest BCUT2D eigenvalue weighted by Crippen LogP contribution is -2.19. The maximum Gasteiger partial charge on any atom is 0.271 e. The summed E-state index contributed by atoms with van der Waals surface area (Å²) in [4.78, 5) is 14.9. The monoisotopic (exact) mass is 383 g/mol. The summed E-state index contributed by atoms with van der Waals surface area (Å²) in [5.74, 6) is -0.208. The van der Waals surface area contributed by atoms with E-state index in [1.165, 1.54) is 22.3 Å². The van der Waals surface area contributed by atoms with Crippen molar-refractivity contribution < 1.29 is 4.79 Å². The topological polar surface area (TPSA) is 44.7 Å². The SMILES string of the molecule is Cc1cc2c(cc1C)CN(c1cccc(C(=O)N/N=C\c3ccccc3C)c1)C2. The van der Waals surface area contributed by atoms with E-state index in [9.17, 15) is 4.79 Å². The molecule has 1 N–H and O–H groups in total. The number of carbonyl (C=O) groups excluding carboxylic acids is 1. The van der Waals surface area contributed by atoms with E-state index >= 15 is 0 Å². The second-order valence-electron chi connectivity index (χ2n) is 7.67. The molecule has 0 fully saturated rings. The molecule has 4 heteroatoms. The molecule has 4 rings (SSSR count). The van der Waals surface area contributed by atoms with Gasteiger partial charge in [0.1, 0.15) is 0 Å². The Labute approximate surface area is 171 Å². The number of anilines is 1. The second-order valence-corrected chi connectivity index (χ2v) is 7.67. The molecule has 1 amide bonds. The third-order valence-electron chi connectivity index (χ3n) is 5.57. The van der Waals surface area contributed by atoms with Crippen molar-refractivity contribution >= 4 is 17.8 Å². The third-order valence-corrected chi connectivity index (χ3v) is 5.57. The minimum atomic E-state index is -0.208. The van der Waals surface area contributed by atoms with Crippen molar-refractivity contribution in [1.82, 2.24) is 5.43 Å². The van der Waals surface area contributed by atoms with Crippen molar-refractivity contribution in [3.05, 3.63) is 99.6 Å². The predicted octanol–water partition coefficient (Wildman–Crippen LogP) is 4.90. The second kappa shape index (κ2) is 7.92. The smallest absolute Gasteiger partial charge is 0.271 e. The summed E-state index contributed by atoms with van der Waals surface area (Å²) in [6.45, 7) is 8.06. The van der Waals surface area contributed by atoms with E-state index in [1.54, 1.807) is 6.21 Å². The number of amides is 1. The molecular weight excluding hydrogens is 358 g/mol. The summed E-state index contributed by atoms with van der Waals surface area (Å²) in [5, 5.41) is 4.12. The van der Waals surface area contributed by atoms with E-state index in [2.05, 4.69) is 47.5 Å². The average molecular weight is 383 g/mol. The lowest BCUT2D eigenvalue weighted by Gasteiger charge is -2.18. The van der Waals surface area contributed by atoms with Gasteiger partial charge in [0, 0.05) is 24.3 Å². The highest BCUT2D eigenvalue weighted by atomic mass is 16.2. The normalized spacial score (nSPS) is 13.0. The van der Waals surface area contributed by atoms with E-state index in [1.807, 2.05) is 49.4 Å². The van der Waals surface area contributed by atoms with Crippen molar-refractivity contribution in [2.45, 2.75) is 33.9 Å². The molecule has 3 aromatic rings. The van der Waals surface area contributed by atoms with Crippen LogP contribution >= 0.6 is 0 Å². The number of fused-ring (bicyclic) bond motifs is 1. The number of carbonyl (C=O) groups is 1. The fourth-order valence-corrected chi connectivity index (χ4v) is 3.68. The molecule has 146 valence electrons. The summed E-state index contributed by atoms with van der Waals surface area (Å²) in [6, 6.07) is 20.2. The van der Waals surface area contributed by atoms with E-state index in [0.29, 0.717) is 5.56 Å². The predicted molar refractivity (Wildman–Crippen MR) is 118 cm³/mol. The Morgan fingerprint density at radius 1 is 0.897 bits per heavy atom. The van der Waals surface area contributed by atoms with Gasteiger partial charge in [-0.15, -0.1) is 0 Å². The largest absolute Gasteiger partial charge is 0.363 e. The number of hydrazone groups is 1. The zero-order chi connectivity index (χ0) is 20.4. The fourth-order valence-electron chi connectivity index (χ4n) is 3.68. The van der Waals surface area contributed by atoms with E-state index in [0.717, 1.165) is 29.9 Å². The highest BCUT2D eigenvalue weighted by molar-refractivity contribution is 5.95. The first-order chi connectivity index (χ1) is 14.0. The van der Waals surface area contributed by atoms with Gasteiger partial charge in [0.2, 0.25) is 0 Å². The summed E-state index contributed by atoms with van der Waals surface area (Å²) < 4.78 is 0. The molecule has 29 heavy (non-hydrogen) atoms. The Hall–Kier alpha value is -3.40. The molecule has 0 spiro atoms. The zero-order valence-corrected chi connectivity index (χ0v) is 17.1. The molecule has 0 saturated carbocycles. The van der Waals surface area contributed by atoms with Crippen LogP contribution < -0.4 is 10.3 Å². The van der Waals surface area contributed by atoms with Gasteiger partial charge in [0.25, 0.3) is 5.91 Å². The molecule has 0 aliphatic carbocycles. The number of nitrogens with zero attached hydrogens (tertiary/aromatic N) is 2. The van der Waals surface area contributed by atoms with Crippen LogP contribution in [0.25, 0.3) is 0 Å². The van der Waals surface area contributed by atoms with Gasteiger partial charge < -0.3 is 4.90 Å². The van der Waals surface area contributed by atoms with Gasteiger partial charge in [-0.3, -0.25) is 4.79 Å².